The molecule has 2 aliphatic heterocycles. The van der Waals surface area contributed by atoms with Crippen molar-refractivity contribution in [2.24, 2.45) is 10.8 Å². The molecule has 0 radical (unpaired) electrons. The number of hydrogen-bond donors (Lipinski definition) is 0. The molecule has 0 spiro atoms. The first-order valence-electron chi connectivity index (χ1n) is 20.9. The zero-order valence-corrected chi connectivity index (χ0v) is 37.3. The second kappa shape index (κ2) is 16.8. The number of carbonyl (C=O) groups excluding carboxylic acids is 3. The molecule has 0 N–H and O–H groups in total. The van der Waals surface area contributed by atoms with Crippen molar-refractivity contribution in [3.8, 4) is 56.8 Å². The van der Waals surface area contributed by atoms with Crippen LogP contribution >= 0.6 is 0 Å². The lowest BCUT2D eigenvalue weighted by Gasteiger charge is -2.23. The quantitative estimate of drug-likeness (QED) is 0.0862. The lowest BCUT2D eigenvalue weighted by molar-refractivity contribution is 0.0526. The number of rotatable bonds is 12. The molecule has 0 bridgehead atoms. The van der Waals surface area contributed by atoms with Crippen LogP contribution in [0, 0.1) is 10.8 Å². The molecule has 11 heteroatoms. The molecule has 11 nitrogen and oxygen atoms in total. The van der Waals surface area contributed by atoms with E-state index in [9.17, 15) is 14.4 Å². The van der Waals surface area contributed by atoms with E-state index in [0.717, 1.165) is 22.3 Å². The number of hydrogen-bond acceptors (Lipinski definition) is 11. The molecule has 0 saturated heterocycles. The Hall–Kier alpha value is -7.27. The van der Waals surface area contributed by atoms with Crippen molar-refractivity contribution in [2.45, 2.75) is 54.8 Å². The average Bonchev–Trinajstić information content (AvgIpc) is 3.85. The molecule has 0 amide bonds. The Morgan fingerprint density at radius 3 is 1.25 bits per heavy atom. The standard InChI is InChI=1S/C53H50O11/c1-11-29-13-17-31(18-14-29)43-33-21-39(57-9)41(61-27-52(3,4)5)23-35(33)47(37-25-59-49(54)45(37)43)63-51(56)64-48-36-24-42(62-28-53(6,7)8)40(58-10)22-34(36)44(46-38(48)26-60-50(46)55)32-19-15-30(12-2)16-20-32/h11-24H,1-2,25-28H2,3-10H3. The van der Waals surface area contributed by atoms with E-state index in [1.54, 1.807) is 36.4 Å². The number of cyclic esters (lactones) is 2. The lowest BCUT2D eigenvalue weighted by atomic mass is 9.89. The summed E-state index contributed by atoms with van der Waals surface area (Å²) in [7, 11) is 3.07. The van der Waals surface area contributed by atoms with Gasteiger partial charge in [0.15, 0.2) is 23.0 Å². The fraction of sp³-hybridized carbons (Fsp3) is 0.264. The summed E-state index contributed by atoms with van der Waals surface area (Å²) in [5.74, 6) is 0.522. The smallest absolute Gasteiger partial charge is 0.493 e. The van der Waals surface area contributed by atoms with Crippen LogP contribution in [0.3, 0.4) is 0 Å². The summed E-state index contributed by atoms with van der Waals surface area (Å²) in [6.07, 6.45) is 2.32. The molecule has 328 valence electrons. The predicted octanol–water partition coefficient (Wildman–Crippen LogP) is 12.4. The SMILES string of the molecule is C=Cc1ccc(-c2c3c(c(OC(=O)Oc4c5c(c(-c6ccc(C=C)cc6)c6cc(OC)c(OCC(C)(C)C)cc46)C(=O)OC5)c4cc(OCC(C)(C)C)c(OC)cc24)COC3=O)cc1. The fourth-order valence-corrected chi connectivity index (χ4v) is 7.90. The van der Waals surface area contributed by atoms with Gasteiger partial charge in [-0.05, 0) is 68.1 Å². The van der Waals surface area contributed by atoms with Crippen molar-refractivity contribution < 1.29 is 52.3 Å². The third kappa shape index (κ3) is 8.21. The van der Waals surface area contributed by atoms with Crippen molar-refractivity contribution in [2.75, 3.05) is 27.4 Å². The van der Waals surface area contributed by atoms with Crippen LogP contribution in [0.15, 0.2) is 86.0 Å². The highest BCUT2D eigenvalue weighted by molar-refractivity contribution is 6.16. The van der Waals surface area contributed by atoms with Crippen LogP contribution in [0.2, 0.25) is 0 Å². The largest absolute Gasteiger partial charge is 0.519 e. The van der Waals surface area contributed by atoms with Crippen LogP contribution in [-0.2, 0) is 22.7 Å². The van der Waals surface area contributed by atoms with Gasteiger partial charge in [-0.15, -0.1) is 0 Å². The second-order valence-electron chi connectivity index (χ2n) is 18.2. The topological polar surface area (TPSA) is 125 Å². The Kier molecular flexibility index (Phi) is 11.4. The van der Waals surface area contributed by atoms with Gasteiger partial charge in [0, 0.05) is 33.0 Å². The Bertz CT molecular complexity index is 2700. The van der Waals surface area contributed by atoms with E-state index >= 15 is 0 Å². The monoisotopic (exact) mass is 862 g/mol. The normalized spacial score (nSPS) is 13.2. The Labute approximate surface area is 372 Å². The molecule has 2 heterocycles. The van der Waals surface area contributed by atoms with Crippen LogP contribution in [-0.4, -0.2) is 45.5 Å². The van der Waals surface area contributed by atoms with Gasteiger partial charge in [-0.1, -0.05) is 115 Å². The van der Waals surface area contributed by atoms with Crippen molar-refractivity contribution in [1.82, 2.24) is 0 Å². The molecular formula is C53H50O11. The summed E-state index contributed by atoms with van der Waals surface area (Å²) in [5.41, 5.74) is 5.09. The number of carbonyl (C=O) groups is 3. The first-order valence-corrected chi connectivity index (χ1v) is 20.9. The van der Waals surface area contributed by atoms with Gasteiger partial charge < -0.3 is 37.9 Å². The molecule has 64 heavy (non-hydrogen) atoms. The summed E-state index contributed by atoms with van der Waals surface area (Å²) in [6, 6.07) is 22.2. The van der Waals surface area contributed by atoms with Crippen LogP contribution in [0.25, 0.3) is 56.0 Å². The lowest BCUT2D eigenvalue weighted by Crippen LogP contribution is -2.18. The summed E-state index contributed by atoms with van der Waals surface area (Å²) in [6.45, 7) is 20.4. The highest BCUT2D eigenvalue weighted by Gasteiger charge is 2.37. The zero-order chi connectivity index (χ0) is 45.7. The molecule has 2 aliphatic rings. The minimum absolute atomic E-state index is 0.0404. The first kappa shape index (κ1) is 43.4. The minimum atomic E-state index is -1.14. The number of methoxy groups -OCH3 is 2. The average molecular weight is 863 g/mol. The van der Waals surface area contributed by atoms with Crippen molar-refractivity contribution in [3.63, 3.8) is 0 Å². The molecule has 0 saturated carbocycles. The number of fused-ring (bicyclic) bond motifs is 4. The third-order valence-corrected chi connectivity index (χ3v) is 11.0. The fourth-order valence-electron chi connectivity index (χ4n) is 7.90. The molecule has 8 rings (SSSR count). The summed E-state index contributed by atoms with van der Waals surface area (Å²) in [4.78, 5) is 42.1. The van der Waals surface area contributed by atoms with E-state index in [-0.39, 0.29) is 46.7 Å². The van der Waals surface area contributed by atoms with Crippen molar-refractivity contribution in [1.29, 1.82) is 0 Å². The maximum absolute atomic E-state index is 14.6. The zero-order valence-electron chi connectivity index (χ0n) is 37.3. The van der Waals surface area contributed by atoms with Gasteiger partial charge >= 0.3 is 18.1 Å². The molecule has 0 fully saturated rings. The summed E-state index contributed by atoms with van der Waals surface area (Å²) < 4.78 is 48.2. The molecular weight excluding hydrogens is 813 g/mol. The van der Waals surface area contributed by atoms with Gasteiger partial charge in [-0.25, -0.2) is 14.4 Å². The Morgan fingerprint density at radius 2 is 0.922 bits per heavy atom. The maximum atomic E-state index is 14.6. The Balaban J connectivity index is 1.33. The van der Waals surface area contributed by atoms with E-state index < -0.39 is 18.1 Å². The number of esters is 2. The predicted molar refractivity (Wildman–Crippen MR) is 247 cm³/mol. The number of ether oxygens (including phenoxy) is 8. The minimum Gasteiger partial charge on any atom is -0.493 e. The van der Waals surface area contributed by atoms with Crippen molar-refractivity contribution >= 4 is 51.8 Å². The molecule has 0 aliphatic carbocycles. The van der Waals surface area contributed by atoms with Crippen LogP contribution < -0.4 is 28.4 Å². The van der Waals surface area contributed by atoms with Crippen molar-refractivity contribution in [3.05, 3.63) is 119 Å². The van der Waals surface area contributed by atoms with E-state index in [0.29, 0.717) is 80.0 Å². The maximum Gasteiger partial charge on any atom is 0.519 e. The molecule has 0 aromatic heterocycles. The summed E-state index contributed by atoms with van der Waals surface area (Å²) >= 11 is 0. The molecule has 6 aromatic rings. The van der Waals surface area contributed by atoms with Gasteiger partial charge in [-0.3, -0.25) is 0 Å². The van der Waals surface area contributed by atoms with Crippen LogP contribution in [0.4, 0.5) is 4.79 Å². The molecule has 6 aromatic carbocycles. The highest BCUT2D eigenvalue weighted by Crippen LogP contribution is 2.51. The van der Waals surface area contributed by atoms with Gasteiger partial charge in [-0.2, -0.15) is 0 Å². The van der Waals surface area contributed by atoms with Gasteiger partial charge in [0.2, 0.25) is 0 Å². The van der Waals surface area contributed by atoms with Gasteiger partial charge in [0.05, 0.1) is 38.6 Å². The van der Waals surface area contributed by atoms with E-state index in [4.69, 9.17) is 37.9 Å². The molecule has 0 atom stereocenters. The van der Waals surface area contributed by atoms with E-state index in [2.05, 4.69) is 13.2 Å². The molecule has 0 unspecified atom stereocenters. The van der Waals surface area contributed by atoms with E-state index in [1.807, 2.05) is 90.1 Å². The van der Waals surface area contributed by atoms with Crippen LogP contribution in [0.1, 0.15) is 84.5 Å². The van der Waals surface area contributed by atoms with Crippen LogP contribution in [0.5, 0.6) is 34.5 Å². The van der Waals surface area contributed by atoms with Gasteiger partial charge in [0.1, 0.15) is 24.7 Å². The third-order valence-electron chi connectivity index (χ3n) is 11.0. The summed E-state index contributed by atoms with van der Waals surface area (Å²) in [5, 5.41) is 1.96. The first-order chi connectivity index (χ1) is 30.5. The second-order valence-corrected chi connectivity index (χ2v) is 18.2. The van der Waals surface area contributed by atoms with Gasteiger partial charge in [0.25, 0.3) is 0 Å². The Morgan fingerprint density at radius 1 is 0.562 bits per heavy atom. The van der Waals surface area contributed by atoms with E-state index in [1.165, 1.54) is 14.2 Å². The highest BCUT2D eigenvalue weighted by atomic mass is 16.7. The number of benzene rings is 6.